The zero-order valence-electron chi connectivity index (χ0n) is 22.0. The lowest BCUT2D eigenvalue weighted by Crippen LogP contribution is -2.42. The second kappa shape index (κ2) is 12.3. The standard InChI is InChI=1S/C31H33FN4O2/c1-4-27(23-11-7-5-8-12-23)31(38)35(20-22(2)3)21-30(37)33-29-19-28(24-13-9-6-10-14-24)34-36(29)26-17-15-25(32)16-18-26/h5-19,22,27H,4,20-21H2,1-3H3,(H,33,37)/t27-/m1/s1. The molecule has 1 atom stereocenters. The second-order valence-electron chi connectivity index (χ2n) is 9.70. The van der Waals surface area contributed by atoms with Crippen LogP contribution in [0, 0.1) is 11.7 Å². The third kappa shape index (κ3) is 6.54. The van der Waals surface area contributed by atoms with E-state index in [2.05, 4.69) is 10.4 Å². The van der Waals surface area contributed by atoms with E-state index in [4.69, 9.17) is 0 Å². The number of nitrogens with zero attached hydrogens (tertiary/aromatic N) is 3. The highest BCUT2D eigenvalue weighted by atomic mass is 19.1. The number of hydrogen-bond acceptors (Lipinski definition) is 3. The molecule has 4 rings (SSSR count). The first-order chi connectivity index (χ1) is 18.4. The fourth-order valence-corrected chi connectivity index (χ4v) is 4.49. The third-order valence-electron chi connectivity index (χ3n) is 6.26. The molecule has 3 aromatic carbocycles. The van der Waals surface area contributed by atoms with E-state index in [0.717, 1.165) is 11.1 Å². The number of nitrogens with one attached hydrogen (secondary N) is 1. The Morgan fingerprint density at radius 2 is 1.58 bits per heavy atom. The smallest absolute Gasteiger partial charge is 0.245 e. The average Bonchev–Trinajstić information content (AvgIpc) is 3.33. The molecular weight excluding hydrogens is 479 g/mol. The minimum Gasteiger partial charge on any atom is -0.333 e. The zero-order chi connectivity index (χ0) is 27.1. The Bertz CT molecular complexity index is 1350. The van der Waals surface area contributed by atoms with Gasteiger partial charge < -0.3 is 10.2 Å². The van der Waals surface area contributed by atoms with Crippen molar-refractivity contribution in [1.29, 1.82) is 0 Å². The molecule has 0 bridgehead atoms. The van der Waals surface area contributed by atoms with E-state index >= 15 is 0 Å². The molecule has 6 nitrogen and oxygen atoms in total. The molecule has 0 unspecified atom stereocenters. The van der Waals surface area contributed by atoms with Gasteiger partial charge in [-0.3, -0.25) is 9.59 Å². The lowest BCUT2D eigenvalue weighted by atomic mass is 9.94. The number of carbonyl (C=O) groups is 2. The quantitative estimate of drug-likeness (QED) is 0.271. The largest absolute Gasteiger partial charge is 0.333 e. The Morgan fingerprint density at radius 1 is 0.947 bits per heavy atom. The van der Waals surface area contributed by atoms with Crippen LogP contribution in [0.25, 0.3) is 16.9 Å². The van der Waals surface area contributed by atoms with Gasteiger partial charge >= 0.3 is 0 Å². The topological polar surface area (TPSA) is 67.2 Å². The zero-order valence-corrected chi connectivity index (χ0v) is 22.0. The van der Waals surface area contributed by atoms with Crippen LogP contribution in [0.1, 0.15) is 38.7 Å². The molecule has 7 heteroatoms. The first kappa shape index (κ1) is 26.8. The molecular formula is C31H33FN4O2. The summed E-state index contributed by atoms with van der Waals surface area (Å²) in [5, 5.41) is 7.62. The van der Waals surface area contributed by atoms with E-state index in [-0.39, 0.29) is 36.0 Å². The Kier molecular flexibility index (Phi) is 8.69. The Balaban J connectivity index is 1.60. The number of rotatable bonds is 10. The number of anilines is 1. The SMILES string of the molecule is CC[C@@H](C(=O)N(CC(=O)Nc1cc(-c2ccccc2)nn1-c1ccc(F)cc1)CC(C)C)c1ccccc1. The van der Waals surface area contributed by atoms with Crippen LogP contribution in [0.4, 0.5) is 10.2 Å². The summed E-state index contributed by atoms with van der Waals surface area (Å²) in [4.78, 5) is 28.6. The molecule has 0 saturated heterocycles. The van der Waals surface area contributed by atoms with E-state index < -0.39 is 0 Å². The molecule has 0 aliphatic rings. The van der Waals surface area contributed by atoms with Gasteiger partial charge in [-0.25, -0.2) is 9.07 Å². The van der Waals surface area contributed by atoms with Crippen molar-refractivity contribution in [2.75, 3.05) is 18.4 Å². The van der Waals surface area contributed by atoms with Gasteiger partial charge in [-0.15, -0.1) is 0 Å². The number of halogens is 1. The molecule has 4 aromatic rings. The van der Waals surface area contributed by atoms with Gasteiger partial charge in [0.25, 0.3) is 0 Å². The number of amides is 2. The first-order valence-corrected chi connectivity index (χ1v) is 12.9. The van der Waals surface area contributed by atoms with Gasteiger partial charge in [0.15, 0.2) is 0 Å². The van der Waals surface area contributed by atoms with E-state index in [1.54, 1.807) is 27.8 Å². The van der Waals surface area contributed by atoms with Gasteiger partial charge in [-0.2, -0.15) is 5.10 Å². The summed E-state index contributed by atoms with van der Waals surface area (Å²) < 4.78 is 15.2. The molecule has 196 valence electrons. The maximum absolute atomic E-state index is 13.6. The molecule has 0 aliphatic heterocycles. The molecule has 0 saturated carbocycles. The summed E-state index contributed by atoms with van der Waals surface area (Å²) in [6.45, 7) is 6.40. The minimum absolute atomic E-state index is 0.0698. The summed E-state index contributed by atoms with van der Waals surface area (Å²) in [6, 6.07) is 27.0. The van der Waals surface area contributed by atoms with Crippen molar-refractivity contribution < 1.29 is 14.0 Å². The normalized spacial score (nSPS) is 11.8. The van der Waals surface area contributed by atoms with Gasteiger partial charge in [-0.05, 0) is 42.2 Å². The average molecular weight is 513 g/mol. The maximum Gasteiger partial charge on any atom is 0.245 e. The third-order valence-corrected chi connectivity index (χ3v) is 6.26. The maximum atomic E-state index is 13.6. The van der Waals surface area contributed by atoms with Crippen molar-refractivity contribution >= 4 is 17.6 Å². The Labute approximate surface area is 223 Å². The highest BCUT2D eigenvalue weighted by Crippen LogP contribution is 2.26. The van der Waals surface area contributed by atoms with Gasteiger partial charge in [0.05, 0.1) is 23.8 Å². The van der Waals surface area contributed by atoms with Crippen LogP contribution in [-0.2, 0) is 9.59 Å². The van der Waals surface area contributed by atoms with Crippen molar-refractivity contribution in [3.63, 3.8) is 0 Å². The molecule has 0 aliphatic carbocycles. The molecule has 38 heavy (non-hydrogen) atoms. The van der Waals surface area contributed by atoms with Crippen LogP contribution in [0.3, 0.4) is 0 Å². The molecule has 1 heterocycles. The van der Waals surface area contributed by atoms with E-state index in [1.165, 1.54) is 12.1 Å². The number of benzene rings is 3. The summed E-state index contributed by atoms with van der Waals surface area (Å²) in [5.74, 6) is -0.454. The van der Waals surface area contributed by atoms with Crippen molar-refractivity contribution in [3.8, 4) is 16.9 Å². The lowest BCUT2D eigenvalue weighted by molar-refractivity contribution is -0.136. The molecule has 0 radical (unpaired) electrons. The fourth-order valence-electron chi connectivity index (χ4n) is 4.49. The molecule has 1 aromatic heterocycles. The Hall–Kier alpha value is -4.26. The number of aromatic nitrogens is 2. The second-order valence-corrected chi connectivity index (χ2v) is 9.70. The molecule has 0 fully saturated rings. The van der Waals surface area contributed by atoms with Gasteiger partial charge in [-0.1, -0.05) is 81.4 Å². The predicted molar refractivity (Wildman–Crippen MR) is 148 cm³/mol. The lowest BCUT2D eigenvalue weighted by Gasteiger charge is -2.28. The van der Waals surface area contributed by atoms with E-state index in [0.29, 0.717) is 30.2 Å². The van der Waals surface area contributed by atoms with E-state index in [9.17, 15) is 14.0 Å². The van der Waals surface area contributed by atoms with Crippen LogP contribution in [0.15, 0.2) is 91.0 Å². The van der Waals surface area contributed by atoms with Gasteiger partial charge in [0.1, 0.15) is 11.6 Å². The highest BCUT2D eigenvalue weighted by Gasteiger charge is 2.27. The minimum atomic E-state index is -0.360. The summed E-state index contributed by atoms with van der Waals surface area (Å²) >= 11 is 0. The monoisotopic (exact) mass is 512 g/mol. The van der Waals surface area contributed by atoms with Crippen LogP contribution >= 0.6 is 0 Å². The fraction of sp³-hybridized carbons (Fsp3) is 0.258. The first-order valence-electron chi connectivity index (χ1n) is 12.9. The summed E-state index contributed by atoms with van der Waals surface area (Å²) in [6.07, 6.45) is 0.636. The molecule has 2 amide bonds. The molecule has 1 N–H and O–H groups in total. The van der Waals surface area contributed by atoms with Crippen molar-refractivity contribution in [3.05, 3.63) is 102 Å². The van der Waals surface area contributed by atoms with Gasteiger partial charge in [0.2, 0.25) is 11.8 Å². The van der Waals surface area contributed by atoms with Gasteiger partial charge in [0, 0.05) is 18.2 Å². The summed E-state index contributed by atoms with van der Waals surface area (Å²) in [7, 11) is 0. The van der Waals surface area contributed by atoms with Crippen molar-refractivity contribution in [2.24, 2.45) is 5.92 Å². The Morgan fingerprint density at radius 3 is 2.18 bits per heavy atom. The van der Waals surface area contributed by atoms with E-state index in [1.807, 2.05) is 81.4 Å². The van der Waals surface area contributed by atoms with Crippen LogP contribution in [0.2, 0.25) is 0 Å². The van der Waals surface area contributed by atoms with Crippen LogP contribution in [0.5, 0.6) is 0 Å². The predicted octanol–water partition coefficient (Wildman–Crippen LogP) is 6.30. The number of hydrogen-bond donors (Lipinski definition) is 1. The summed E-state index contributed by atoms with van der Waals surface area (Å²) in [5.41, 5.74) is 3.09. The molecule has 0 spiro atoms. The van der Waals surface area contributed by atoms with Crippen molar-refractivity contribution in [1.82, 2.24) is 14.7 Å². The highest BCUT2D eigenvalue weighted by molar-refractivity contribution is 5.95. The van der Waals surface area contributed by atoms with Crippen LogP contribution < -0.4 is 5.32 Å². The van der Waals surface area contributed by atoms with Crippen molar-refractivity contribution in [2.45, 2.75) is 33.1 Å². The number of carbonyl (C=O) groups excluding carboxylic acids is 2. The van der Waals surface area contributed by atoms with Crippen LogP contribution in [-0.4, -0.2) is 39.6 Å².